The first-order valence-corrected chi connectivity index (χ1v) is 8.16. The molecule has 2 aliphatic heterocycles. The molecule has 3 rings (SSSR count). The van der Waals surface area contributed by atoms with Crippen molar-refractivity contribution in [3.63, 3.8) is 0 Å². The Bertz CT molecular complexity index is 602. The van der Waals surface area contributed by atoms with Crippen LogP contribution in [0.3, 0.4) is 0 Å². The van der Waals surface area contributed by atoms with E-state index < -0.39 is 18.2 Å². The molecule has 130 valence electrons. The van der Waals surface area contributed by atoms with Gasteiger partial charge >= 0.3 is 0 Å². The Morgan fingerprint density at radius 1 is 1.29 bits per heavy atom. The standard InChI is InChI=1S/C18H24N2O4/c1-4-10-19-15-14(22-17-16(15)23-18(2,3)24-17)12-20(21)11-13-8-6-5-7-9-13/h4-9,12,14-17,19H,1,10-11H2,2-3H3/b20-12+/t14?,15-,16-,17-/m1/s1. The van der Waals surface area contributed by atoms with E-state index in [0.29, 0.717) is 6.54 Å². The monoisotopic (exact) mass is 332 g/mol. The molecule has 6 heteroatoms. The lowest BCUT2D eigenvalue weighted by atomic mass is 10.1. The predicted molar refractivity (Wildman–Crippen MR) is 90.5 cm³/mol. The van der Waals surface area contributed by atoms with E-state index in [1.807, 2.05) is 44.2 Å². The van der Waals surface area contributed by atoms with Crippen LogP contribution < -0.4 is 5.32 Å². The SMILES string of the molecule is C=CCN[C@@H]1C(/C=[N+](/[O-])Cc2ccccc2)O[C@@H]2OC(C)(C)O[C@@H]21. The summed E-state index contributed by atoms with van der Waals surface area (Å²) in [5.74, 6) is -0.685. The van der Waals surface area contributed by atoms with Gasteiger partial charge in [0.1, 0.15) is 6.10 Å². The van der Waals surface area contributed by atoms with Gasteiger partial charge in [0, 0.05) is 12.1 Å². The number of hydrogen-bond donors (Lipinski definition) is 1. The van der Waals surface area contributed by atoms with E-state index in [0.717, 1.165) is 10.3 Å². The normalized spacial score (nSPS) is 31.8. The highest BCUT2D eigenvalue weighted by molar-refractivity contribution is 5.60. The Morgan fingerprint density at radius 3 is 2.75 bits per heavy atom. The quantitative estimate of drug-likeness (QED) is 0.283. The second-order valence-electron chi connectivity index (χ2n) is 6.50. The van der Waals surface area contributed by atoms with Crippen LogP contribution in [0, 0.1) is 5.21 Å². The predicted octanol–water partition coefficient (Wildman–Crippen LogP) is 1.79. The topological polar surface area (TPSA) is 65.8 Å². The molecule has 2 aliphatic rings. The molecule has 0 radical (unpaired) electrons. The van der Waals surface area contributed by atoms with Crippen molar-refractivity contribution >= 4 is 6.21 Å². The summed E-state index contributed by atoms with van der Waals surface area (Å²) in [6.45, 7) is 8.30. The number of fused-ring (bicyclic) bond motifs is 1. The fourth-order valence-corrected chi connectivity index (χ4v) is 3.09. The maximum Gasteiger partial charge on any atom is 0.189 e. The maximum atomic E-state index is 12.3. The van der Waals surface area contributed by atoms with Crippen LogP contribution in [0.25, 0.3) is 0 Å². The maximum absolute atomic E-state index is 12.3. The number of nitrogens with zero attached hydrogens (tertiary/aromatic N) is 1. The van der Waals surface area contributed by atoms with E-state index in [9.17, 15) is 5.21 Å². The second-order valence-corrected chi connectivity index (χ2v) is 6.50. The first-order valence-electron chi connectivity index (χ1n) is 8.16. The van der Waals surface area contributed by atoms with E-state index in [1.165, 1.54) is 0 Å². The molecule has 2 saturated heterocycles. The van der Waals surface area contributed by atoms with Crippen LogP contribution in [0.1, 0.15) is 19.4 Å². The summed E-state index contributed by atoms with van der Waals surface area (Å²) in [5, 5.41) is 15.6. The molecule has 1 unspecified atom stereocenters. The summed E-state index contributed by atoms with van der Waals surface area (Å²) in [6.07, 6.45) is 2.16. The van der Waals surface area contributed by atoms with Crippen LogP contribution in [0.4, 0.5) is 0 Å². The summed E-state index contributed by atoms with van der Waals surface area (Å²) in [7, 11) is 0. The van der Waals surface area contributed by atoms with E-state index in [1.54, 1.807) is 12.3 Å². The van der Waals surface area contributed by atoms with E-state index in [4.69, 9.17) is 14.2 Å². The summed E-state index contributed by atoms with van der Waals surface area (Å²) in [6, 6.07) is 9.43. The van der Waals surface area contributed by atoms with Gasteiger partial charge in [-0.15, -0.1) is 6.58 Å². The van der Waals surface area contributed by atoms with Crippen molar-refractivity contribution < 1.29 is 18.9 Å². The molecule has 4 atom stereocenters. The lowest BCUT2D eigenvalue weighted by Crippen LogP contribution is -2.47. The first kappa shape index (κ1) is 17.1. The molecule has 0 aliphatic carbocycles. The molecule has 0 spiro atoms. The minimum absolute atomic E-state index is 0.165. The molecule has 24 heavy (non-hydrogen) atoms. The molecule has 0 bridgehead atoms. The van der Waals surface area contributed by atoms with Crippen molar-refractivity contribution in [2.24, 2.45) is 0 Å². The third-order valence-corrected chi connectivity index (χ3v) is 4.08. The van der Waals surface area contributed by atoms with Crippen LogP contribution in [0.2, 0.25) is 0 Å². The van der Waals surface area contributed by atoms with Crippen molar-refractivity contribution in [2.75, 3.05) is 6.54 Å². The molecule has 2 fully saturated rings. The molecule has 6 nitrogen and oxygen atoms in total. The Morgan fingerprint density at radius 2 is 2.04 bits per heavy atom. The number of hydrogen-bond acceptors (Lipinski definition) is 5. The van der Waals surface area contributed by atoms with Gasteiger partial charge in [0.15, 0.2) is 30.9 Å². The van der Waals surface area contributed by atoms with Gasteiger partial charge in [0.2, 0.25) is 0 Å². The third kappa shape index (κ3) is 3.84. The van der Waals surface area contributed by atoms with Gasteiger partial charge < -0.3 is 24.7 Å². The molecule has 1 aromatic carbocycles. The van der Waals surface area contributed by atoms with Crippen molar-refractivity contribution in [3.05, 3.63) is 53.8 Å². The highest BCUT2D eigenvalue weighted by Gasteiger charge is 2.55. The minimum Gasteiger partial charge on any atom is -0.624 e. The number of ether oxygens (including phenoxy) is 3. The van der Waals surface area contributed by atoms with E-state index in [-0.39, 0.29) is 18.7 Å². The number of hydroxylamine groups is 1. The van der Waals surface area contributed by atoms with Crippen molar-refractivity contribution in [2.45, 2.75) is 50.7 Å². The average molecular weight is 332 g/mol. The zero-order valence-electron chi connectivity index (χ0n) is 14.1. The largest absolute Gasteiger partial charge is 0.624 e. The third-order valence-electron chi connectivity index (χ3n) is 4.08. The summed E-state index contributed by atoms with van der Waals surface area (Å²) < 4.78 is 18.5. The van der Waals surface area contributed by atoms with E-state index >= 15 is 0 Å². The van der Waals surface area contributed by atoms with Crippen LogP contribution in [0.5, 0.6) is 0 Å². The average Bonchev–Trinajstić information content (AvgIpc) is 2.97. The van der Waals surface area contributed by atoms with Gasteiger partial charge in [-0.05, 0) is 13.8 Å². The molecule has 0 aromatic heterocycles. The van der Waals surface area contributed by atoms with Gasteiger partial charge in [-0.1, -0.05) is 36.4 Å². The molecule has 2 heterocycles. The first-order chi connectivity index (χ1) is 11.5. The molecule has 1 aromatic rings. The van der Waals surface area contributed by atoms with Crippen LogP contribution >= 0.6 is 0 Å². The summed E-state index contributed by atoms with van der Waals surface area (Å²) in [4.78, 5) is 0. The zero-order chi connectivity index (χ0) is 17.2. The fourth-order valence-electron chi connectivity index (χ4n) is 3.09. The lowest BCUT2D eigenvalue weighted by Gasteiger charge is -2.24. The molecule has 1 N–H and O–H groups in total. The van der Waals surface area contributed by atoms with Gasteiger partial charge in [0.25, 0.3) is 0 Å². The summed E-state index contributed by atoms with van der Waals surface area (Å²) >= 11 is 0. The molecule has 0 saturated carbocycles. The zero-order valence-corrected chi connectivity index (χ0v) is 14.1. The Labute approximate surface area is 142 Å². The van der Waals surface area contributed by atoms with Crippen molar-refractivity contribution in [3.8, 4) is 0 Å². The van der Waals surface area contributed by atoms with Crippen molar-refractivity contribution in [1.29, 1.82) is 0 Å². The van der Waals surface area contributed by atoms with Crippen LogP contribution in [-0.4, -0.2) is 47.8 Å². The lowest BCUT2D eigenvalue weighted by molar-refractivity contribution is -0.473. The fraction of sp³-hybridized carbons (Fsp3) is 0.500. The van der Waals surface area contributed by atoms with Crippen LogP contribution in [-0.2, 0) is 20.8 Å². The summed E-state index contributed by atoms with van der Waals surface area (Å²) in [5.41, 5.74) is 0.950. The molecular formula is C18H24N2O4. The number of benzene rings is 1. The Kier molecular flexibility index (Phi) is 5.01. The van der Waals surface area contributed by atoms with Crippen LogP contribution in [0.15, 0.2) is 43.0 Å². The Hall–Kier alpha value is -1.73. The minimum atomic E-state index is -0.685. The van der Waals surface area contributed by atoms with Gasteiger partial charge in [0.05, 0.1) is 6.04 Å². The number of nitrogens with one attached hydrogen (secondary N) is 1. The second kappa shape index (κ2) is 7.03. The smallest absolute Gasteiger partial charge is 0.189 e. The van der Waals surface area contributed by atoms with E-state index in [2.05, 4.69) is 11.9 Å². The van der Waals surface area contributed by atoms with Crippen molar-refractivity contribution in [1.82, 2.24) is 5.32 Å². The highest BCUT2D eigenvalue weighted by atomic mass is 16.8. The van der Waals surface area contributed by atoms with Gasteiger partial charge in [-0.25, -0.2) is 4.74 Å². The number of rotatable bonds is 6. The Balaban J connectivity index is 1.71. The molecule has 0 amide bonds. The van der Waals surface area contributed by atoms with Gasteiger partial charge in [-0.3, -0.25) is 0 Å². The highest BCUT2D eigenvalue weighted by Crippen LogP contribution is 2.36. The van der Waals surface area contributed by atoms with Gasteiger partial charge in [-0.2, -0.15) is 0 Å². The molecular weight excluding hydrogens is 308 g/mol.